The number of halogens is 2. The molecule has 0 aromatic heterocycles. The van der Waals surface area contributed by atoms with Gasteiger partial charge >= 0.3 is 13.3 Å². The summed E-state index contributed by atoms with van der Waals surface area (Å²) in [4.78, 5) is 63.1. The van der Waals surface area contributed by atoms with Crippen molar-refractivity contribution in [1.29, 1.82) is 5.26 Å². The Morgan fingerprint density at radius 2 is 1.66 bits per heavy atom. The molecule has 5 atom stereocenters. The molecular weight excluding hydrogens is 629 g/mol. The van der Waals surface area contributed by atoms with E-state index in [1.165, 1.54) is 24.3 Å². The minimum atomic E-state index is -5.79. The highest BCUT2D eigenvalue weighted by molar-refractivity contribution is 7.52. The molecule has 3 aliphatic heterocycles. The quantitative estimate of drug-likeness (QED) is 0.319. The van der Waals surface area contributed by atoms with Crippen molar-refractivity contribution in [1.82, 2.24) is 15.1 Å². The van der Waals surface area contributed by atoms with Gasteiger partial charge in [0.1, 0.15) is 12.1 Å². The first-order valence-corrected chi connectivity index (χ1v) is 17.3. The molecule has 0 bridgehead atoms. The van der Waals surface area contributed by atoms with Gasteiger partial charge in [0, 0.05) is 36.2 Å². The van der Waals surface area contributed by atoms with Gasteiger partial charge in [0.2, 0.25) is 11.8 Å². The van der Waals surface area contributed by atoms with Crippen molar-refractivity contribution >= 4 is 36.1 Å². The summed E-state index contributed by atoms with van der Waals surface area (Å²) in [5.74, 6) is -1.65. The zero-order valence-electron chi connectivity index (χ0n) is 25.5. The molecule has 3 saturated heterocycles. The average molecular weight is 665 g/mol. The van der Waals surface area contributed by atoms with Gasteiger partial charge in [-0.05, 0) is 60.2 Å². The van der Waals surface area contributed by atoms with E-state index in [-0.39, 0.29) is 47.2 Å². The number of hydrogen-bond acceptors (Lipinski definition) is 5. The zero-order valence-corrected chi connectivity index (χ0v) is 26.4. The zero-order chi connectivity index (χ0) is 33.5. The highest BCUT2D eigenvalue weighted by Crippen LogP contribution is 2.59. The van der Waals surface area contributed by atoms with Gasteiger partial charge in [-0.25, -0.2) is 0 Å². The number of benzene rings is 3. The molecule has 3 aliphatic rings. The fourth-order valence-electron chi connectivity index (χ4n) is 7.26. The molecule has 3 aromatic rings. The fourth-order valence-corrected chi connectivity index (χ4v) is 7.73. The highest BCUT2D eigenvalue weighted by Gasteiger charge is 2.50. The molecule has 47 heavy (non-hydrogen) atoms. The predicted octanol–water partition coefficient (Wildman–Crippen LogP) is 4.86. The molecular formula is C34H35F2N4O6P. The first kappa shape index (κ1) is 32.8. The Hall–Kier alpha value is -4.17. The van der Waals surface area contributed by atoms with E-state index in [1.54, 1.807) is 9.80 Å². The van der Waals surface area contributed by atoms with Crippen LogP contribution in [0.15, 0.2) is 66.7 Å². The lowest BCUT2D eigenvalue weighted by molar-refractivity contribution is -0.146. The average Bonchev–Trinajstić information content (AvgIpc) is 3.68. The van der Waals surface area contributed by atoms with Crippen LogP contribution in [0, 0.1) is 17.2 Å². The van der Waals surface area contributed by atoms with E-state index in [9.17, 15) is 33.0 Å². The summed E-state index contributed by atoms with van der Waals surface area (Å²) in [6.07, 6.45) is 3.75. The van der Waals surface area contributed by atoms with E-state index in [1.807, 2.05) is 30.3 Å². The maximum atomic E-state index is 14.4. The summed E-state index contributed by atoms with van der Waals surface area (Å²) in [5, 5.41) is 13.3. The maximum absolute atomic E-state index is 14.4. The highest BCUT2D eigenvalue weighted by atomic mass is 31.2. The Balaban J connectivity index is 1.20. The first-order valence-electron chi connectivity index (χ1n) is 15.7. The van der Waals surface area contributed by atoms with Gasteiger partial charge < -0.3 is 24.9 Å². The number of likely N-dealkylation sites (tertiary alicyclic amines) is 1. The summed E-state index contributed by atoms with van der Waals surface area (Å²) in [5.41, 5.74) is -4.21. The SMILES string of the molecule is N#C[C@@H]1CN(C(=O)[C@@H]2CC[C@@H]3CCCC[C@H](NC(=O)c4ccc5ccc(C(F)(F)P(=O)(O)O)cc5c4)C(=O)N32)C[C@H]1c1ccccc1. The van der Waals surface area contributed by atoms with Gasteiger partial charge in [-0.2, -0.15) is 14.0 Å². The number of nitriles is 1. The first-order chi connectivity index (χ1) is 22.4. The van der Waals surface area contributed by atoms with E-state index in [4.69, 9.17) is 9.79 Å². The summed E-state index contributed by atoms with van der Waals surface area (Å²) >= 11 is 0. The van der Waals surface area contributed by atoms with Crippen molar-refractivity contribution in [3.05, 3.63) is 83.4 Å². The summed E-state index contributed by atoms with van der Waals surface area (Å²) in [6, 6.07) is 17.7. The van der Waals surface area contributed by atoms with E-state index in [0.717, 1.165) is 30.5 Å². The summed E-state index contributed by atoms with van der Waals surface area (Å²) in [6.45, 7) is 0.663. The number of carbonyl (C=O) groups is 3. The van der Waals surface area contributed by atoms with Gasteiger partial charge in [0.15, 0.2) is 0 Å². The lowest BCUT2D eigenvalue weighted by Gasteiger charge is -2.36. The maximum Gasteiger partial charge on any atom is 0.399 e. The minimum absolute atomic E-state index is 0.0844. The standard InChI is InChI=1S/C34H35F2N4O6P/c35-34(36,47(44,45)46)26-13-12-21-10-11-23(16-24(21)17-26)31(41)38-29-9-5-4-8-27-14-15-30(40(27)32(29)42)33(43)39-19-25(18-37)28(20-39)22-6-2-1-3-7-22/h1-3,6-7,10-13,16-17,25,27-30H,4-5,8-9,14-15,19-20H2,(H,38,41)(H2,44,45,46)/t25-,27+,28+,29+,30+/m1/s1. The predicted molar refractivity (Wildman–Crippen MR) is 168 cm³/mol. The molecule has 3 amide bonds. The largest absolute Gasteiger partial charge is 0.399 e. The third-order valence-corrected chi connectivity index (χ3v) is 10.8. The number of hydrogen-bond donors (Lipinski definition) is 3. The monoisotopic (exact) mass is 664 g/mol. The van der Waals surface area contributed by atoms with Gasteiger partial charge in [0.25, 0.3) is 5.91 Å². The van der Waals surface area contributed by atoms with Gasteiger partial charge in [-0.15, -0.1) is 0 Å². The van der Waals surface area contributed by atoms with Crippen LogP contribution in [0.4, 0.5) is 8.78 Å². The van der Waals surface area contributed by atoms with Crippen molar-refractivity contribution in [2.24, 2.45) is 5.92 Å². The minimum Gasteiger partial charge on any atom is -0.340 e. The van der Waals surface area contributed by atoms with Crippen molar-refractivity contribution in [3.63, 3.8) is 0 Å². The number of fused-ring (bicyclic) bond motifs is 2. The van der Waals surface area contributed by atoms with Crippen LogP contribution < -0.4 is 5.32 Å². The van der Waals surface area contributed by atoms with Crippen molar-refractivity contribution in [3.8, 4) is 6.07 Å². The second-order valence-corrected chi connectivity index (χ2v) is 14.3. The number of alkyl halides is 2. The van der Waals surface area contributed by atoms with Crippen LogP contribution in [0.25, 0.3) is 10.8 Å². The number of nitrogens with zero attached hydrogens (tertiary/aromatic N) is 3. The van der Waals surface area contributed by atoms with Crippen LogP contribution in [0.1, 0.15) is 65.9 Å². The Kier molecular flexibility index (Phi) is 8.92. The Morgan fingerprint density at radius 1 is 0.936 bits per heavy atom. The molecule has 246 valence electrons. The lowest BCUT2D eigenvalue weighted by atomic mass is 9.90. The van der Waals surface area contributed by atoms with Crippen LogP contribution in [0.5, 0.6) is 0 Å². The molecule has 13 heteroatoms. The molecule has 0 saturated carbocycles. The van der Waals surface area contributed by atoms with Crippen molar-refractivity contribution in [2.75, 3.05) is 13.1 Å². The normalized spacial score (nSPS) is 25.2. The van der Waals surface area contributed by atoms with E-state index in [2.05, 4.69) is 11.4 Å². The van der Waals surface area contributed by atoms with Gasteiger partial charge in [-0.1, -0.05) is 61.4 Å². The van der Waals surface area contributed by atoms with Crippen molar-refractivity contribution in [2.45, 2.75) is 68.2 Å². The smallest absolute Gasteiger partial charge is 0.340 e. The molecule has 3 N–H and O–H groups in total. The second-order valence-electron chi connectivity index (χ2n) is 12.7. The molecule has 0 aliphatic carbocycles. The molecule has 6 rings (SSSR count). The van der Waals surface area contributed by atoms with Crippen LogP contribution in [0.3, 0.4) is 0 Å². The number of nitrogens with one attached hydrogen (secondary N) is 1. The third kappa shape index (κ3) is 6.28. The molecule has 3 fully saturated rings. The summed E-state index contributed by atoms with van der Waals surface area (Å²) < 4.78 is 40.1. The molecule has 3 heterocycles. The molecule has 0 radical (unpaired) electrons. The fraction of sp³-hybridized carbons (Fsp3) is 0.412. The third-order valence-electron chi connectivity index (χ3n) is 9.77. The van der Waals surface area contributed by atoms with Crippen molar-refractivity contribution < 1.29 is 37.5 Å². The number of amides is 3. The van der Waals surface area contributed by atoms with E-state index >= 15 is 0 Å². The topological polar surface area (TPSA) is 151 Å². The number of rotatable bonds is 6. The molecule has 0 spiro atoms. The number of carbonyl (C=O) groups excluding carboxylic acids is 3. The Labute approximate surface area is 270 Å². The van der Waals surface area contributed by atoms with Crippen LogP contribution in [-0.4, -0.2) is 68.5 Å². The van der Waals surface area contributed by atoms with Crippen LogP contribution in [0.2, 0.25) is 0 Å². The summed E-state index contributed by atoms with van der Waals surface area (Å²) in [7, 11) is -5.79. The van der Waals surface area contributed by atoms with E-state index in [0.29, 0.717) is 37.6 Å². The Bertz CT molecular complexity index is 1790. The van der Waals surface area contributed by atoms with Gasteiger partial charge in [-0.3, -0.25) is 18.9 Å². The Morgan fingerprint density at radius 3 is 2.38 bits per heavy atom. The molecule has 3 aromatic carbocycles. The van der Waals surface area contributed by atoms with Crippen LogP contribution >= 0.6 is 7.60 Å². The second kappa shape index (κ2) is 12.8. The van der Waals surface area contributed by atoms with Crippen LogP contribution in [-0.2, 0) is 19.8 Å². The van der Waals surface area contributed by atoms with E-state index < -0.39 is 36.8 Å². The molecule has 0 unspecified atom stereocenters. The molecule has 10 nitrogen and oxygen atoms in total. The van der Waals surface area contributed by atoms with Gasteiger partial charge in [0.05, 0.1) is 12.0 Å². The lowest BCUT2D eigenvalue weighted by Crippen LogP contribution is -2.56.